The lowest BCUT2D eigenvalue weighted by molar-refractivity contribution is -0.116. The van der Waals surface area contributed by atoms with Crippen LogP contribution in [-0.2, 0) is 16.1 Å². The molecule has 5 aromatic rings. The van der Waals surface area contributed by atoms with E-state index in [1.807, 2.05) is 6.92 Å². The van der Waals surface area contributed by atoms with E-state index in [1.165, 1.54) is 23.8 Å². The van der Waals surface area contributed by atoms with E-state index >= 15 is 0 Å². The molecular weight excluding hydrogens is 462 g/mol. The van der Waals surface area contributed by atoms with Gasteiger partial charge in [-0.1, -0.05) is 29.8 Å². The number of aryl methyl sites for hydroxylation is 1. The van der Waals surface area contributed by atoms with Crippen molar-refractivity contribution < 1.29 is 18.7 Å². The van der Waals surface area contributed by atoms with Gasteiger partial charge in [-0.05, 0) is 55.5 Å². The lowest BCUT2D eigenvalue weighted by atomic mass is 10.2. The van der Waals surface area contributed by atoms with Crippen molar-refractivity contribution in [3.8, 4) is 5.69 Å². The first-order valence-corrected chi connectivity index (χ1v) is 11.1. The monoisotopic (exact) mass is 483 g/mol. The number of amides is 1. The molecule has 0 spiro atoms. The van der Waals surface area contributed by atoms with E-state index in [1.54, 1.807) is 60.7 Å². The van der Waals surface area contributed by atoms with Crippen LogP contribution in [0.4, 0.5) is 5.69 Å². The third kappa shape index (κ3) is 3.96. The lowest BCUT2D eigenvalue weighted by Crippen LogP contribution is -2.40. The number of ether oxygens (including phenoxy) is 1. The van der Waals surface area contributed by atoms with Crippen LogP contribution >= 0.6 is 0 Å². The Kier molecular flexibility index (Phi) is 5.73. The molecule has 0 aliphatic carbocycles. The summed E-state index contributed by atoms with van der Waals surface area (Å²) in [7, 11) is 1.28. The number of para-hydroxylation sites is 1. The van der Waals surface area contributed by atoms with Crippen molar-refractivity contribution in [2.24, 2.45) is 0 Å². The van der Waals surface area contributed by atoms with Crippen LogP contribution in [0, 0.1) is 6.92 Å². The minimum atomic E-state index is -0.668. The Labute approximate surface area is 204 Å². The Balaban J connectivity index is 1.61. The van der Waals surface area contributed by atoms with Gasteiger partial charge in [-0.15, -0.1) is 0 Å². The van der Waals surface area contributed by atoms with Crippen LogP contribution in [-0.4, -0.2) is 28.1 Å². The Morgan fingerprint density at radius 2 is 1.64 bits per heavy atom. The molecular formula is C27H21N3O6. The standard InChI is InChI=1S/C27H21N3O6/c1-16-7-13-19(14-8-16)30-25(32)24-23(20-5-3-4-6-21(20)36-24)29(27(30)34)15-22(31)28-18-11-9-17(10-12-18)26(33)35-2/h3-14H,15H2,1-2H3,(H,28,31). The average molecular weight is 483 g/mol. The molecule has 180 valence electrons. The summed E-state index contributed by atoms with van der Waals surface area (Å²) in [5.41, 5.74) is 1.48. The van der Waals surface area contributed by atoms with E-state index in [2.05, 4.69) is 10.1 Å². The second kappa shape index (κ2) is 9.03. The summed E-state index contributed by atoms with van der Waals surface area (Å²) in [6, 6.07) is 20.0. The van der Waals surface area contributed by atoms with Gasteiger partial charge < -0.3 is 14.5 Å². The fourth-order valence-electron chi connectivity index (χ4n) is 4.07. The van der Waals surface area contributed by atoms with Crippen LogP contribution < -0.4 is 16.6 Å². The summed E-state index contributed by atoms with van der Waals surface area (Å²) in [6.07, 6.45) is 0. The lowest BCUT2D eigenvalue weighted by Gasteiger charge is -2.12. The number of nitrogens with one attached hydrogen (secondary N) is 1. The molecule has 0 atom stereocenters. The molecule has 5 rings (SSSR count). The van der Waals surface area contributed by atoms with Crippen LogP contribution in [0.15, 0.2) is 86.8 Å². The zero-order valence-corrected chi connectivity index (χ0v) is 19.5. The first-order valence-electron chi connectivity index (χ1n) is 11.1. The number of nitrogens with zero attached hydrogens (tertiary/aromatic N) is 2. The normalized spacial score (nSPS) is 11.1. The number of carbonyl (C=O) groups excluding carboxylic acids is 2. The summed E-state index contributed by atoms with van der Waals surface area (Å²) in [4.78, 5) is 51.6. The number of aromatic nitrogens is 2. The second-order valence-electron chi connectivity index (χ2n) is 8.24. The summed E-state index contributed by atoms with van der Waals surface area (Å²) in [5, 5.41) is 3.27. The largest absolute Gasteiger partial charge is 0.465 e. The van der Waals surface area contributed by atoms with Crippen LogP contribution in [0.25, 0.3) is 27.8 Å². The SMILES string of the molecule is COC(=O)c1ccc(NC(=O)Cn2c(=O)n(-c3ccc(C)cc3)c(=O)c3oc4ccccc4c32)cc1. The van der Waals surface area contributed by atoms with Crippen molar-refractivity contribution in [1.29, 1.82) is 0 Å². The number of furan rings is 1. The molecule has 2 aromatic heterocycles. The maximum absolute atomic E-state index is 13.6. The average Bonchev–Trinajstić information content (AvgIpc) is 3.28. The van der Waals surface area contributed by atoms with Gasteiger partial charge in [0.2, 0.25) is 11.5 Å². The highest BCUT2D eigenvalue weighted by Gasteiger charge is 2.22. The number of rotatable bonds is 5. The molecule has 9 heteroatoms. The van der Waals surface area contributed by atoms with E-state index in [-0.39, 0.29) is 17.6 Å². The van der Waals surface area contributed by atoms with Gasteiger partial charge in [-0.25, -0.2) is 14.2 Å². The fraction of sp³-hybridized carbons (Fsp3) is 0.111. The second-order valence-corrected chi connectivity index (χ2v) is 8.24. The van der Waals surface area contributed by atoms with Gasteiger partial charge in [0, 0.05) is 11.1 Å². The number of fused-ring (bicyclic) bond motifs is 3. The molecule has 0 aliphatic rings. The predicted octanol–water partition coefficient (Wildman–Crippen LogP) is 3.63. The third-order valence-electron chi connectivity index (χ3n) is 5.84. The van der Waals surface area contributed by atoms with Crippen LogP contribution in [0.3, 0.4) is 0 Å². The molecule has 3 aromatic carbocycles. The van der Waals surface area contributed by atoms with E-state index in [0.29, 0.717) is 27.9 Å². The Hall–Kier alpha value is -4.92. The summed E-state index contributed by atoms with van der Waals surface area (Å²) < 4.78 is 12.8. The van der Waals surface area contributed by atoms with Crippen LogP contribution in [0.2, 0.25) is 0 Å². The number of carbonyl (C=O) groups is 2. The topological polar surface area (TPSA) is 113 Å². The van der Waals surface area contributed by atoms with E-state index in [4.69, 9.17) is 4.42 Å². The van der Waals surface area contributed by atoms with Gasteiger partial charge in [-0.3, -0.25) is 14.2 Å². The van der Waals surface area contributed by atoms with Gasteiger partial charge in [0.1, 0.15) is 17.6 Å². The van der Waals surface area contributed by atoms with Crippen molar-refractivity contribution in [3.63, 3.8) is 0 Å². The highest BCUT2D eigenvalue weighted by molar-refractivity contribution is 6.03. The number of esters is 1. The molecule has 0 bridgehead atoms. The smallest absolute Gasteiger partial charge is 0.337 e. The highest BCUT2D eigenvalue weighted by atomic mass is 16.5. The van der Waals surface area contributed by atoms with Crippen molar-refractivity contribution in [1.82, 2.24) is 9.13 Å². The maximum Gasteiger partial charge on any atom is 0.337 e. The molecule has 36 heavy (non-hydrogen) atoms. The van der Waals surface area contributed by atoms with Gasteiger partial charge in [0.05, 0.1) is 18.4 Å². The van der Waals surface area contributed by atoms with Gasteiger partial charge >= 0.3 is 17.2 Å². The molecule has 9 nitrogen and oxygen atoms in total. The van der Waals surface area contributed by atoms with Gasteiger partial charge in [0.15, 0.2) is 0 Å². The fourth-order valence-corrected chi connectivity index (χ4v) is 4.07. The minimum Gasteiger partial charge on any atom is -0.465 e. The van der Waals surface area contributed by atoms with Crippen molar-refractivity contribution >= 4 is 39.6 Å². The molecule has 0 saturated carbocycles. The molecule has 1 amide bonds. The number of benzene rings is 3. The van der Waals surface area contributed by atoms with Gasteiger partial charge in [-0.2, -0.15) is 0 Å². The summed E-state index contributed by atoms with van der Waals surface area (Å²) in [6.45, 7) is 1.53. The summed E-state index contributed by atoms with van der Waals surface area (Å²) in [5.74, 6) is -0.990. The molecule has 2 heterocycles. The van der Waals surface area contributed by atoms with Crippen molar-refractivity contribution in [2.45, 2.75) is 13.5 Å². The summed E-state index contributed by atoms with van der Waals surface area (Å²) >= 11 is 0. The molecule has 0 aliphatic heterocycles. The molecule has 0 unspecified atom stereocenters. The minimum absolute atomic E-state index is 0.0217. The van der Waals surface area contributed by atoms with E-state index in [9.17, 15) is 19.2 Å². The van der Waals surface area contributed by atoms with Crippen LogP contribution in [0.1, 0.15) is 15.9 Å². The Morgan fingerprint density at radius 1 is 0.944 bits per heavy atom. The maximum atomic E-state index is 13.6. The van der Waals surface area contributed by atoms with Crippen molar-refractivity contribution in [3.05, 3.63) is 105 Å². The van der Waals surface area contributed by atoms with Crippen molar-refractivity contribution in [2.75, 3.05) is 12.4 Å². The van der Waals surface area contributed by atoms with E-state index < -0.39 is 23.1 Å². The number of hydrogen-bond acceptors (Lipinski definition) is 6. The quantitative estimate of drug-likeness (QED) is 0.382. The molecule has 0 saturated heterocycles. The predicted molar refractivity (Wildman–Crippen MR) is 135 cm³/mol. The third-order valence-corrected chi connectivity index (χ3v) is 5.84. The number of hydrogen-bond donors (Lipinski definition) is 1. The van der Waals surface area contributed by atoms with E-state index in [0.717, 1.165) is 10.1 Å². The highest BCUT2D eigenvalue weighted by Crippen LogP contribution is 2.26. The zero-order chi connectivity index (χ0) is 25.4. The number of methoxy groups -OCH3 is 1. The first-order chi connectivity index (χ1) is 17.4. The Bertz CT molecular complexity index is 1740. The van der Waals surface area contributed by atoms with Gasteiger partial charge in [0.25, 0.3) is 0 Å². The number of anilines is 1. The molecule has 1 N–H and O–H groups in total. The van der Waals surface area contributed by atoms with Crippen LogP contribution in [0.5, 0.6) is 0 Å². The first kappa shape index (κ1) is 22.9. The molecule has 0 fully saturated rings. The molecule has 0 radical (unpaired) electrons. The Morgan fingerprint density at radius 3 is 2.33 bits per heavy atom. The zero-order valence-electron chi connectivity index (χ0n) is 19.5.